The molecule has 0 atom stereocenters. The molecular formula is C11H9F2N3O2. The first-order valence-corrected chi connectivity index (χ1v) is 5.00. The Morgan fingerprint density at radius 2 is 1.94 bits per heavy atom. The number of anilines is 1. The first-order chi connectivity index (χ1) is 8.47. The first kappa shape index (κ1) is 12.0. The van der Waals surface area contributed by atoms with Crippen LogP contribution in [-0.2, 0) is 6.54 Å². The van der Waals surface area contributed by atoms with Crippen molar-refractivity contribution in [3.05, 3.63) is 62.4 Å². The molecule has 0 unspecified atom stereocenters. The number of nitrogens with two attached hydrogens (primary N) is 1. The Bertz CT molecular complexity index is 706. The van der Waals surface area contributed by atoms with Crippen LogP contribution in [0.1, 0.15) is 5.56 Å². The number of benzene rings is 1. The second-order valence-corrected chi connectivity index (χ2v) is 3.72. The number of aromatic nitrogens is 2. The molecule has 5 nitrogen and oxygen atoms in total. The standard InChI is InChI=1S/C11H9F2N3O2/c12-7-3-6(1-2-9(7)14)4-16-5-8(13)10(17)15-11(16)18/h1-3,5H,4,14H2,(H,15,17,18). The van der Waals surface area contributed by atoms with Crippen LogP contribution in [0.5, 0.6) is 0 Å². The predicted molar refractivity (Wildman–Crippen MR) is 61.2 cm³/mol. The Morgan fingerprint density at radius 1 is 1.22 bits per heavy atom. The fraction of sp³-hybridized carbons (Fsp3) is 0.0909. The van der Waals surface area contributed by atoms with Gasteiger partial charge in [0.1, 0.15) is 5.82 Å². The van der Waals surface area contributed by atoms with Crippen molar-refractivity contribution in [2.45, 2.75) is 6.54 Å². The van der Waals surface area contributed by atoms with Crippen molar-refractivity contribution in [1.29, 1.82) is 0 Å². The average Bonchev–Trinajstić information content (AvgIpc) is 2.31. The predicted octanol–water partition coefficient (Wildman–Crippen LogP) is 0.445. The van der Waals surface area contributed by atoms with Gasteiger partial charge in [-0.05, 0) is 17.7 Å². The number of nitrogens with one attached hydrogen (secondary N) is 1. The molecule has 0 saturated heterocycles. The van der Waals surface area contributed by atoms with Crippen LogP contribution in [0.25, 0.3) is 0 Å². The fourth-order valence-corrected chi connectivity index (χ4v) is 1.47. The van der Waals surface area contributed by atoms with Gasteiger partial charge in [-0.25, -0.2) is 9.18 Å². The Kier molecular flexibility index (Phi) is 2.97. The Labute approximate surface area is 99.5 Å². The zero-order valence-electron chi connectivity index (χ0n) is 9.11. The third-order valence-electron chi connectivity index (χ3n) is 2.39. The molecule has 2 aromatic rings. The maximum atomic E-state index is 13.2. The molecule has 0 bridgehead atoms. The highest BCUT2D eigenvalue weighted by atomic mass is 19.1. The van der Waals surface area contributed by atoms with Crippen LogP contribution in [-0.4, -0.2) is 9.55 Å². The molecule has 1 aromatic heterocycles. The van der Waals surface area contributed by atoms with E-state index in [0.717, 1.165) is 16.8 Å². The lowest BCUT2D eigenvalue weighted by molar-refractivity contribution is 0.565. The van der Waals surface area contributed by atoms with Crippen molar-refractivity contribution in [3.8, 4) is 0 Å². The molecule has 3 N–H and O–H groups in total. The quantitative estimate of drug-likeness (QED) is 0.762. The van der Waals surface area contributed by atoms with Gasteiger partial charge in [-0.3, -0.25) is 14.3 Å². The molecule has 7 heteroatoms. The van der Waals surface area contributed by atoms with Crippen molar-refractivity contribution < 1.29 is 8.78 Å². The molecule has 0 spiro atoms. The van der Waals surface area contributed by atoms with E-state index in [1.165, 1.54) is 12.1 Å². The number of nitrogens with zero attached hydrogens (tertiary/aromatic N) is 1. The minimum Gasteiger partial charge on any atom is -0.396 e. The maximum absolute atomic E-state index is 13.2. The Balaban J connectivity index is 2.40. The zero-order chi connectivity index (χ0) is 13.3. The van der Waals surface area contributed by atoms with Crippen molar-refractivity contribution in [2.24, 2.45) is 0 Å². The van der Waals surface area contributed by atoms with E-state index in [-0.39, 0.29) is 12.2 Å². The molecule has 0 aliphatic rings. The first-order valence-electron chi connectivity index (χ1n) is 5.00. The molecular weight excluding hydrogens is 244 g/mol. The highest BCUT2D eigenvalue weighted by Gasteiger charge is 2.06. The number of H-pyrrole nitrogens is 1. The van der Waals surface area contributed by atoms with E-state index in [2.05, 4.69) is 0 Å². The fourth-order valence-electron chi connectivity index (χ4n) is 1.47. The number of halogens is 2. The summed E-state index contributed by atoms with van der Waals surface area (Å²) in [6.07, 6.45) is 0.773. The van der Waals surface area contributed by atoms with Crippen LogP contribution in [0.15, 0.2) is 34.0 Å². The molecule has 18 heavy (non-hydrogen) atoms. The van der Waals surface area contributed by atoms with Gasteiger partial charge < -0.3 is 5.73 Å². The van der Waals surface area contributed by atoms with Crippen LogP contribution in [0.2, 0.25) is 0 Å². The molecule has 0 aliphatic heterocycles. The average molecular weight is 253 g/mol. The summed E-state index contributed by atoms with van der Waals surface area (Å²) in [5.41, 5.74) is 3.87. The highest BCUT2D eigenvalue weighted by Crippen LogP contribution is 2.12. The van der Waals surface area contributed by atoms with Gasteiger partial charge in [-0.1, -0.05) is 6.07 Å². The Hall–Kier alpha value is -2.44. The van der Waals surface area contributed by atoms with Gasteiger partial charge in [0.25, 0.3) is 5.56 Å². The second-order valence-electron chi connectivity index (χ2n) is 3.72. The number of hydrogen-bond acceptors (Lipinski definition) is 3. The van der Waals surface area contributed by atoms with Gasteiger partial charge >= 0.3 is 5.69 Å². The van der Waals surface area contributed by atoms with Crippen molar-refractivity contribution >= 4 is 5.69 Å². The number of hydrogen-bond donors (Lipinski definition) is 2. The van der Waals surface area contributed by atoms with E-state index in [9.17, 15) is 18.4 Å². The third kappa shape index (κ3) is 2.29. The van der Waals surface area contributed by atoms with E-state index in [1.807, 2.05) is 4.98 Å². The van der Waals surface area contributed by atoms with Crippen molar-refractivity contribution in [3.63, 3.8) is 0 Å². The van der Waals surface area contributed by atoms with Crippen molar-refractivity contribution in [2.75, 3.05) is 5.73 Å². The lowest BCUT2D eigenvalue weighted by Gasteiger charge is -2.06. The van der Waals surface area contributed by atoms with E-state index in [1.54, 1.807) is 0 Å². The minimum absolute atomic E-state index is 0.0150. The van der Waals surface area contributed by atoms with Gasteiger partial charge in [-0.15, -0.1) is 0 Å². The minimum atomic E-state index is -1.08. The van der Waals surface area contributed by atoms with Crippen molar-refractivity contribution in [1.82, 2.24) is 9.55 Å². The monoisotopic (exact) mass is 253 g/mol. The van der Waals surface area contributed by atoms with E-state index >= 15 is 0 Å². The highest BCUT2D eigenvalue weighted by molar-refractivity contribution is 5.41. The molecule has 94 valence electrons. The van der Waals surface area contributed by atoms with Crippen LogP contribution < -0.4 is 17.0 Å². The van der Waals surface area contributed by atoms with E-state index in [0.29, 0.717) is 5.56 Å². The van der Waals surface area contributed by atoms with Gasteiger partial charge in [0, 0.05) is 0 Å². The number of rotatable bonds is 2. The molecule has 1 aromatic carbocycles. The maximum Gasteiger partial charge on any atom is 0.328 e. The molecule has 0 amide bonds. The van der Waals surface area contributed by atoms with Gasteiger partial charge in [0.05, 0.1) is 18.4 Å². The van der Waals surface area contributed by atoms with Crippen LogP contribution in [0.4, 0.5) is 14.5 Å². The lowest BCUT2D eigenvalue weighted by Crippen LogP contribution is -2.31. The largest absolute Gasteiger partial charge is 0.396 e. The van der Waals surface area contributed by atoms with Crippen LogP contribution in [0.3, 0.4) is 0 Å². The number of nitrogen functional groups attached to an aromatic ring is 1. The summed E-state index contributed by atoms with van der Waals surface area (Å²) in [5.74, 6) is -1.70. The molecule has 0 radical (unpaired) electrons. The topological polar surface area (TPSA) is 80.9 Å². The van der Waals surface area contributed by atoms with Gasteiger partial charge in [0.15, 0.2) is 0 Å². The van der Waals surface area contributed by atoms with Gasteiger partial charge in [0.2, 0.25) is 5.82 Å². The smallest absolute Gasteiger partial charge is 0.328 e. The summed E-state index contributed by atoms with van der Waals surface area (Å²) in [7, 11) is 0. The molecule has 1 heterocycles. The van der Waals surface area contributed by atoms with Crippen LogP contribution >= 0.6 is 0 Å². The summed E-state index contributed by atoms with van der Waals surface area (Å²) in [6.45, 7) is -0.0657. The summed E-state index contributed by atoms with van der Waals surface area (Å²) in [4.78, 5) is 24.0. The SMILES string of the molecule is Nc1ccc(Cn2cc(F)c(=O)[nH]c2=O)cc1F. The third-order valence-corrected chi connectivity index (χ3v) is 2.39. The molecule has 0 fully saturated rings. The van der Waals surface area contributed by atoms with E-state index in [4.69, 9.17) is 5.73 Å². The Morgan fingerprint density at radius 3 is 2.61 bits per heavy atom. The zero-order valence-corrected chi connectivity index (χ0v) is 9.11. The lowest BCUT2D eigenvalue weighted by atomic mass is 10.2. The summed E-state index contributed by atoms with van der Waals surface area (Å²) < 4.78 is 27.1. The normalized spacial score (nSPS) is 10.6. The molecule has 0 aliphatic carbocycles. The summed E-state index contributed by atoms with van der Waals surface area (Å²) in [6, 6.07) is 4.00. The molecule has 0 saturated carbocycles. The van der Waals surface area contributed by atoms with E-state index < -0.39 is 22.9 Å². The number of aromatic amines is 1. The second kappa shape index (κ2) is 4.44. The van der Waals surface area contributed by atoms with Gasteiger partial charge in [-0.2, -0.15) is 4.39 Å². The summed E-state index contributed by atoms with van der Waals surface area (Å²) >= 11 is 0. The molecule has 2 rings (SSSR count). The summed E-state index contributed by atoms with van der Waals surface area (Å²) in [5, 5.41) is 0. The van der Waals surface area contributed by atoms with Crippen LogP contribution in [0, 0.1) is 11.6 Å².